The highest BCUT2D eigenvalue weighted by molar-refractivity contribution is 6.02. The number of hydrogen-bond acceptors (Lipinski definition) is 6. The number of carbonyl (C=O) groups is 2. The summed E-state index contributed by atoms with van der Waals surface area (Å²) in [5, 5.41) is 6.13. The van der Waals surface area contributed by atoms with Crippen LogP contribution in [0.5, 0.6) is 0 Å². The topological polar surface area (TPSA) is 77.1 Å². The maximum absolute atomic E-state index is 15.1. The molecule has 4 aliphatic rings. The molecule has 3 saturated heterocycles. The minimum absolute atomic E-state index is 0.0953. The Labute approximate surface area is 224 Å². The predicted octanol–water partition coefficient (Wildman–Crippen LogP) is 2.71. The number of fused-ring (bicyclic) bond motifs is 1. The lowest BCUT2D eigenvalue weighted by Gasteiger charge is -2.46. The van der Waals surface area contributed by atoms with Crippen LogP contribution in [0.3, 0.4) is 0 Å². The molecule has 4 heterocycles. The monoisotopic (exact) mass is 523 g/mol. The number of anilines is 1. The van der Waals surface area contributed by atoms with Gasteiger partial charge in [-0.3, -0.25) is 19.4 Å². The normalized spacial score (nSPS) is 23.7. The smallest absolute Gasteiger partial charge is 0.255 e. The van der Waals surface area contributed by atoms with Gasteiger partial charge in [-0.25, -0.2) is 4.39 Å². The second-order valence-corrected chi connectivity index (χ2v) is 10.5. The maximum Gasteiger partial charge on any atom is 0.255 e. The number of carbonyl (C=O) groups excluding carboxylic acids is 2. The van der Waals surface area contributed by atoms with Crippen molar-refractivity contribution >= 4 is 17.5 Å². The van der Waals surface area contributed by atoms with E-state index in [1.54, 1.807) is 17.0 Å². The van der Waals surface area contributed by atoms with Crippen molar-refractivity contribution in [3.63, 3.8) is 0 Å². The summed E-state index contributed by atoms with van der Waals surface area (Å²) in [6.07, 6.45) is 5.05. The van der Waals surface area contributed by atoms with Gasteiger partial charge in [-0.15, -0.1) is 0 Å². The second kappa shape index (κ2) is 11.8. The van der Waals surface area contributed by atoms with Crippen LogP contribution >= 0.6 is 0 Å². The van der Waals surface area contributed by atoms with E-state index < -0.39 is 6.04 Å². The van der Waals surface area contributed by atoms with Crippen molar-refractivity contribution in [1.82, 2.24) is 20.0 Å². The first kappa shape index (κ1) is 26.6. The fraction of sp³-hybridized carbons (Fsp3) is 0.517. The van der Waals surface area contributed by atoms with E-state index in [2.05, 4.69) is 27.0 Å². The maximum atomic E-state index is 15.1. The summed E-state index contributed by atoms with van der Waals surface area (Å²) < 4.78 is 20.5. The number of halogens is 1. The number of morpholine rings is 1. The zero-order valence-corrected chi connectivity index (χ0v) is 22.2. The van der Waals surface area contributed by atoms with Gasteiger partial charge in [0.05, 0.1) is 13.2 Å². The van der Waals surface area contributed by atoms with E-state index in [1.807, 2.05) is 25.1 Å². The molecule has 1 aromatic rings. The molecule has 0 aliphatic carbocycles. The molecule has 4 aliphatic heterocycles. The van der Waals surface area contributed by atoms with Gasteiger partial charge in [-0.05, 0) is 49.1 Å². The number of nitrogens with one attached hydrogen (secondary N) is 2. The van der Waals surface area contributed by atoms with Gasteiger partial charge in [0.1, 0.15) is 11.9 Å². The molecule has 0 spiro atoms. The van der Waals surface area contributed by atoms with Crippen molar-refractivity contribution in [2.24, 2.45) is 0 Å². The first-order valence-corrected chi connectivity index (χ1v) is 13.6. The third-order valence-electron chi connectivity index (χ3n) is 8.05. The summed E-state index contributed by atoms with van der Waals surface area (Å²) in [7, 11) is 0. The Bertz CT molecular complexity index is 1140. The molecule has 2 N–H and O–H groups in total. The number of ether oxygens (including phenoxy) is 1. The van der Waals surface area contributed by atoms with Crippen molar-refractivity contribution < 1.29 is 18.7 Å². The van der Waals surface area contributed by atoms with Gasteiger partial charge in [0.2, 0.25) is 5.91 Å². The third kappa shape index (κ3) is 5.70. The molecular weight excluding hydrogens is 485 g/mol. The number of hydrogen-bond donors (Lipinski definition) is 2. The van der Waals surface area contributed by atoms with Crippen molar-refractivity contribution in [2.75, 3.05) is 64.3 Å². The lowest BCUT2D eigenvalue weighted by molar-refractivity contribution is -0.127. The van der Waals surface area contributed by atoms with Crippen LogP contribution in [0.15, 0.2) is 53.9 Å². The average molecular weight is 524 g/mol. The molecule has 1 atom stereocenters. The highest BCUT2D eigenvalue weighted by Gasteiger charge is 2.38. The fourth-order valence-electron chi connectivity index (χ4n) is 5.70. The first-order valence-electron chi connectivity index (χ1n) is 13.6. The Morgan fingerprint density at radius 1 is 1.26 bits per heavy atom. The van der Waals surface area contributed by atoms with Gasteiger partial charge < -0.3 is 20.3 Å². The van der Waals surface area contributed by atoms with Crippen LogP contribution < -0.4 is 10.6 Å². The van der Waals surface area contributed by atoms with E-state index in [0.29, 0.717) is 43.2 Å². The fourth-order valence-corrected chi connectivity index (χ4v) is 5.70. The molecule has 0 radical (unpaired) electrons. The minimum atomic E-state index is -0.443. The molecule has 1 aromatic carbocycles. The van der Waals surface area contributed by atoms with Crippen LogP contribution in [0.2, 0.25) is 0 Å². The van der Waals surface area contributed by atoms with Crippen molar-refractivity contribution in [1.29, 1.82) is 0 Å². The number of likely N-dealkylation sites (tertiary alicyclic amines) is 1. The molecule has 9 heteroatoms. The Hall–Kier alpha value is -3.01. The molecule has 2 amide bonds. The highest BCUT2D eigenvalue weighted by Crippen LogP contribution is 2.32. The van der Waals surface area contributed by atoms with E-state index in [1.165, 1.54) is 0 Å². The molecule has 5 rings (SSSR count). The number of allylic oxidation sites excluding steroid dienone is 1. The standard InChI is InChI=1S/C29H38FN5O3/c1-3-21(16-33-17-22(18-33)34-10-12-38-13-11-34)14-25(30)20(2)15-32-26-7-4-6-23-24(26)19-35(29(23)37)27-8-5-9-31-28(27)36/h3-4,6-7,14,22,27,32H,2,5,8-13,15-19H2,1H3,(H,31,36)/b21-3+,25-14+/t27-/m1/s1. The molecular formula is C29H38FN5O3. The number of rotatable bonds is 9. The van der Waals surface area contributed by atoms with Gasteiger partial charge in [0.15, 0.2) is 0 Å². The second-order valence-electron chi connectivity index (χ2n) is 10.5. The van der Waals surface area contributed by atoms with E-state index in [-0.39, 0.29) is 24.2 Å². The Balaban J connectivity index is 1.15. The summed E-state index contributed by atoms with van der Waals surface area (Å²) in [6, 6.07) is 5.61. The molecule has 3 fully saturated rings. The average Bonchev–Trinajstić information content (AvgIpc) is 3.25. The zero-order valence-electron chi connectivity index (χ0n) is 22.2. The van der Waals surface area contributed by atoms with E-state index >= 15 is 4.39 Å². The first-order chi connectivity index (χ1) is 18.4. The largest absolute Gasteiger partial charge is 0.381 e. The Morgan fingerprint density at radius 3 is 2.79 bits per heavy atom. The van der Waals surface area contributed by atoms with Crippen LogP contribution in [0, 0.1) is 0 Å². The summed E-state index contributed by atoms with van der Waals surface area (Å²) in [5.74, 6) is -0.572. The van der Waals surface area contributed by atoms with Crippen LogP contribution in [-0.2, 0) is 16.1 Å². The van der Waals surface area contributed by atoms with Crippen LogP contribution in [0.1, 0.15) is 35.7 Å². The molecule has 204 valence electrons. The summed E-state index contributed by atoms with van der Waals surface area (Å²) in [4.78, 5) is 31.9. The molecule has 38 heavy (non-hydrogen) atoms. The lowest BCUT2D eigenvalue weighted by Crippen LogP contribution is -2.61. The summed E-state index contributed by atoms with van der Waals surface area (Å²) >= 11 is 0. The predicted molar refractivity (Wildman–Crippen MR) is 146 cm³/mol. The van der Waals surface area contributed by atoms with Gasteiger partial charge in [-0.2, -0.15) is 0 Å². The zero-order chi connectivity index (χ0) is 26.6. The molecule has 0 aromatic heterocycles. The molecule has 0 bridgehead atoms. The van der Waals surface area contributed by atoms with Gasteiger partial charge in [0.25, 0.3) is 5.91 Å². The highest BCUT2D eigenvalue weighted by atomic mass is 19.1. The van der Waals surface area contributed by atoms with Gasteiger partial charge >= 0.3 is 0 Å². The van der Waals surface area contributed by atoms with Crippen LogP contribution in [0.25, 0.3) is 0 Å². The Morgan fingerprint density at radius 2 is 2.05 bits per heavy atom. The number of piperidine rings is 1. The van der Waals surface area contributed by atoms with Crippen molar-refractivity contribution in [3.05, 3.63) is 65.0 Å². The SMILES string of the molecule is C=C(CNc1cccc2c1CN([C@@H]1CCCNC1=O)C2=O)/C(F)=C\C(=C/C)CN1CC(N2CCOCC2)C1. The van der Waals surface area contributed by atoms with E-state index in [0.717, 1.165) is 62.6 Å². The van der Waals surface area contributed by atoms with Gasteiger partial charge in [0, 0.05) is 75.2 Å². The minimum Gasteiger partial charge on any atom is -0.381 e. The molecule has 0 saturated carbocycles. The van der Waals surface area contributed by atoms with Crippen molar-refractivity contribution in [3.8, 4) is 0 Å². The van der Waals surface area contributed by atoms with Gasteiger partial charge in [-0.1, -0.05) is 18.7 Å². The molecule has 0 unspecified atom stereocenters. The van der Waals surface area contributed by atoms with E-state index in [9.17, 15) is 9.59 Å². The molecule has 8 nitrogen and oxygen atoms in total. The Kier molecular flexibility index (Phi) is 8.26. The van der Waals surface area contributed by atoms with E-state index in [4.69, 9.17) is 4.74 Å². The number of nitrogens with zero attached hydrogens (tertiary/aromatic N) is 3. The van der Waals surface area contributed by atoms with Crippen LogP contribution in [0.4, 0.5) is 10.1 Å². The van der Waals surface area contributed by atoms with Crippen molar-refractivity contribution in [2.45, 2.75) is 38.4 Å². The van der Waals surface area contributed by atoms with Crippen LogP contribution in [-0.4, -0.2) is 97.6 Å². The summed E-state index contributed by atoms with van der Waals surface area (Å²) in [6.45, 7) is 13.4. The quantitative estimate of drug-likeness (QED) is 0.485. The lowest BCUT2D eigenvalue weighted by atomic mass is 10.0. The summed E-state index contributed by atoms with van der Waals surface area (Å²) in [5.41, 5.74) is 3.48. The number of amides is 2. The third-order valence-corrected chi connectivity index (χ3v) is 8.05. The number of benzene rings is 1.